The second kappa shape index (κ2) is 6.73. The lowest BCUT2D eigenvalue weighted by Crippen LogP contribution is -2.47. The van der Waals surface area contributed by atoms with Crippen LogP contribution in [0.15, 0.2) is 12.2 Å². The zero-order chi connectivity index (χ0) is 13.7. The molecule has 19 heavy (non-hydrogen) atoms. The molecule has 0 aliphatic heterocycles. The van der Waals surface area contributed by atoms with Crippen LogP contribution in [0.25, 0.3) is 0 Å². The monoisotopic (exact) mass is 264 g/mol. The zero-order valence-electron chi connectivity index (χ0n) is 11.4. The van der Waals surface area contributed by atoms with E-state index in [1.807, 2.05) is 0 Å². The minimum Gasteiger partial charge on any atom is -0.369 e. The number of allylic oxidation sites excluding steroid dienone is 2. The molecule has 0 aromatic heterocycles. The topological polar surface area (TPSA) is 72.2 Å². The van der Waals surface area contributed by atoms with Gasteiger partial charge in [-0.1, -0.05) is 25.0 Å². The van der Waals surface area contributed by atoms with Crippen molar-refractivity contribution < 1.29 is 9.59 Å². The molecule has 3 unspecified atom stereocenters. The Labute approximate surface area is 114 Å². The summed E-state index contributed by atoms with van der Waals surface area (Å²) in [5.41, 5.74) is 5.42. The van der Waals surface area contributed by atoms with Crippen LogP contribution in [0.5, 0.6) is 0 Å². The predicted molar refractivity (Wildman–Crippen MR) is 74.2 cm³/mol. The van der Waals surface area contributed by atoms with E-state index >= 15 is 0 Å². The van der Waals surface area contributed by atoms with E-state index < -0.39 is 0 Å². The zero-order valence-corrected chi connectivity index (χ0v) is 11.4. The molecule has 0 bridgehead atoms. The second-order valence-electron chi connectivity index (χ2n) is 5.79. The van der Waals surface area contributed by atoms with Gasteiger partial charge in [-0.3, -0.25) is 9.59 Å². The molecule has 3 N–H and O–H groups in total. The van der Waals surface area contributed by atoms with Crippen LogP contribution in [0.3, 0.4) is 0 Å². The molecular weight excluding hydrogens is 240 g/mol. The highest BCUT2D eigenvalue weighted by Crippen LogP contribution is 2.25. The smallest absolute Gasteiger partial charge is 0.222 e. The van der Waals surface area contributed by atoms with Gasteiger partial charge in [-0.25, -0.2) is 0 Å². The summed E-state index contributed by atoms with van der Waals surface area (Å²) in [7, 11) is 0. The van der Waals surface area contributed by atoms with E-state index in [0.29, 0.717) is 12.3 Å². The van der Waals surface area contributed by atoms with Crippen LogP contribution in [-0.2, 0) is 9.59 Å². The Hall–Kier alpha value is -1.32. The summed E-state index contributed by atoms with van der Waals surface area (Å²) >= 11 is 0. The summed E-state index contributed by atoms with van der Waals surface area (Å²) in [5.74, 6) is -0.0266. The highest BCUT2D eigenvalue weighted by Gasteiger charge is 2.30. The molecule has 0 radical (unpaired) electrons. The third-order valence-corrected chi connectivity index (χ3v) is 4.28. The van der Waals surface area contributed by atoms with Crippen molar-refractivity contribution >= 4 is 11.8 Å². The van der Waals surface area contributed by atoms with Crippen LogP contribution in [0.4, 0.5) is 0 Å². The molecule has 0 heterocycles. The molecule has 3 atom stereocenters. The molecule has 106 valence electrons. The molecule has 0 spiro atoms. The van der Waals surface area contributed by atoms with E-state index in [-0.39, 0.29) is 23.8 Å². The van der Waals surface area contributed by atoms with Gasteiger partial charge in [0.2, 0.25) is 11.8 Å². The summed E-state index contributed by atoms with van der Waals surface area (Å²) < 4.78 is 0. The van der Waals surface area contributed by atoms with Gasteiger partial charge >= 0.3 is 0 Å². The van der Waals surface area contributed by atoms with Gasteiger partial charge < -0.3 is 11.1 Å². The van der Waals surface area contributed by atoms with Crippen molar-refractivity contribution in [3.63, 3.8) is 0 Å². The lowest BCUT2D eigenvalue weighted by Gasteiger charge is -2.30. The Balaban J connectivity index is 1.84. The SMILES string of the molecule is NC(=O)C1CCCCC1NC(=O)CC1C=CCCC1. The van der Waals surface area contributed by atoms with Gasteiger partial charge in [0, 0.05) is 12.5 Å². The maximum absolute atomic E-state index is 12.1. The fourth-order valence-electron chi connectivity index (χ4n) is 3.20. The normalized spacial score (nSPS) is 30.8. The molecule has 2 aliphatic carbocycles. The molecule has 1 saturated carbocycles. The molecule has 4 heteroatoms. The number of primary amides is 1. The third-order valence-electron chi connectivity index (χ3n) is 4.28. The summed E-state index contributed by atoms with van der Waals surface area (Å²) in [6.45, 7) is 0. The molecular formula is C15H24N2O2. The highest BCUT2D eigenvalue weighted by molar-refractivity contribution is 5.80. The van der Waals surface area contributed by atoms with Gasteiger partial charge in [-0.15, -0.1) is 0 Å². The fraction of sp³-hybridized carbons (Fsp3) is 0.733. The molecule has 2 amide bonds. The van der Waals surface area contributed by atoms with E-state index in [0.717, 1.165) is 38.5 Å². The van der Waals surface area contributed by atoms with E-state index in [2.05, 4.69) is 17.5 Å². The molecule has 2 rings (SSSR count). The van der Waals surface area contributed by atoms with Gasteiger partial charge in [-0.05, 0) is 38.0 Å². The molecule has 0 aromatic rings. The van der Waals surface area contributed by atoms with Crippen LogP contribution < -0.4 is 11.1 Å². The Bertz CT molecular complexity index is 365. The van der Waals surface area contributed by atoms with E-state index in [1.54, 1.807) is 0 Å². The van der Waals surface area contributed by atoms with E-state index in [4.69, 9.17) is 5.73 Å². The number of hydrogen-bond acceptors (Lipinski definition) is 2. The average Bonchev–Trinajstić information content (AvgIpc) is 2.40. The maximum atomic E-state index is 12.1. The molecule has 0 aromatic carbocycles. The third kappa shape index (κ3) is 4.08. The van der Waals surface area contributed by atoms with Crippen molar-refractivity contribution in [3.8, 4) is 0 Å². The van der Waals surface area contributed by atoms with Crippen LogP contribution in [0.1, 0.15) is 51.4 Å². The molecule has 2 aliphatic rings. The Morgan fingerprint density at radius 3 is 2.63 bits per heavy atom. The fourth-order valence-corrected chi connectivity index (χ4v) is 3.20. The highest BCUT2D eigenvalue weighted by atomic mass is 16.2. The number of carbonyl (C=O) groups is 2. The summed E-state index contributed by atoms with van der Waals surface area (Å²) in [6, 6.07) is -0.0497. The van der Waals surface area contributed by atoms with Gasteiger partial charge in [-0.2, -0.15) is 0 Å². The summed E-state index contributed by atoms with van der Waals surface area (Å²) in [5, 5.41) is 3.02. The minimum atomic E-state index is -0.275. The quantitative estimate of drug-likeness (QED) is 0.761. The lowest BCUT2D eigenvalue weighted by molar-refractivity contribution is -0.126. The first-order valence-corrected chi connectivity index (χ1v) is 7.42. The van der Waals surface area contributed by atoms with Gasteiger partial charge in [0.15, 0.2) is 0 Å². The first kappa shape index (κ1) is 14.1. The van der Waals surface area contributed by atoms with E-state index in [1.165, 1.54) is 6.42 Å². The van der Waals surface area contributed by atoms with Crippen LogP contribution in [0.2, 0.25) is 0 Å². The van der Waals surface area contributed by atoms with Crippen molar-refractivity contribution in [2.24, 2.45) is 17.6 Å². The molecule has 1 fully saturated rings. The van der Waals surface area contributed by atoms with Gasteiger partial charge in [0.05, 0.1) is 5.92 Å². The number of amides is 2. The number of carbonyl (C=O) groups excluding carboxylic acids is 2. The van der Waals surface area contributed by atoms with Crippen molar-refractivity contribution in [2.75, 3.05) is 0 Å². The van der Waals surface area contributed by atoms with Crippen LogP contribution in [0, 0.1) is 11.8 Å². The van der Waals surface area contributed by atoms with Gasteiger partial charge in [0.1, 0.15) is 0 Å². The minimum absolute atomic E-state index is 0.0497. The van der Waals surface area contributed by atoms with Crippen molar-refractivity contribution in [3.05, 3.63) is 12.2 Å². The molecule has 0 saturated heterocycles. The van der Waals surface area contributed by atoms with Crippen LogP contribution >= 0.6 is 0 Å². The van der Waals surface area contributed by atoms with Gasteiger partial charge in [0.25, 0.3) is 0 Å². The number of nitrogens with two attached hydrogens (primary N) is 1. The Kier molecular flexibility index (Phi) is 5.00. The van der Waals surface area contributed by atoms with Crippen molar-refractivity contribution in [2.45, 2.75) is 57.4 Å². The number of hydrogen-bond donors (Lipinski definition) is 2. The summed E-state index contributed by atoms with van der Waals surface area (Å²) in [6.07, 6.45) is 12.0. The number of rotatable bonds is 4. The van der Waals surface area contributed by atoms with Crippen LogP contribution in [-0.4, -0.2) is 17.9 Å². The Morgan fingerprint density at radius 1 is 1.16 bits per heavy atom. The molecule has 4 nitrogen and oxygen atoms in total. The van der Waals surface area contributed by atoms with Crippen molar-refractivity contribution in [1.29, 1.82) is 0 Å². The predicted octanol–water partition coefficient (Wildman–Crippen LogP) is 1.89. The summed E-state index contributed by atoms with van der Waals surface area (Å²) in [4.78, 5) is 23.4. The van der Waals surface area contributed by atoms with E-state index in [9.17, 15) is 9.59 Å². The second-order valence-corrected chi connectivity index (χ2v) is 5.79. The number of nitrogens with one attached hydrogen (secondary N) is 1. The first-order chi connectivity index (χ1) is 9.16. The Morgan fingerprint density at radius 2 is 1.95 bits per heavy atom. The van der Waals surface area contributed by atoms with Crippen molar-refractivity contribution in [1.82, 2.24) is 5.32 Å². The average molecular weight is 264 g/mol. The first-order valence-electron chi connectivity index (χ1n) is 7.42. The largest absolute Gasteiger partial charge is 0.369 e. The standard InChI is InChI=1S/C15H24N2O2/c16-15(19)12-8-4-5-9-13(12)17-14(18)10-11-6-2-1-3-7-11/h2,6,11-13H,1,3-5,7-10H2,(H2,16,19)(H,17,18). The maximum Gasteiger partial charge on any atom is 0.222 e. The lowest BCUT2D eigenvalue weighted by atomic mass is 9.83.